The van der Waals surface area contributed by atoms with Crippen molar-refractivity contribution in [1.29, 1.82) is 0 Å². The van der Waals surface area contributed by atoms with Gasteiger partial charge in [0.25, 0.3) is 0 Å². The Morgan fingerprint density at radius 3 is 2.50 bits per heavy atom. The van der Waals surface area contributed by atoms with Crippen molar-refractivity contribution in [3.05, 3.63) is 16.4 Å². The fraction of sp³-hybridized carbons (Fsp3) is 0.750. The molecule has 1 aromatic rings. The number of nitrogens with zero attached hydrogens (tertiary/aromatic N) is 2. The third kappa shape index (κ3) is 3.49. The van der Waals surface area contributed by atoms with Gasteiger partial charge in [0.2, 0.25) is 0 Å². The van der Waals surface area contributed by atoms with E-state index < -0.39 is 0 Å². The molecule has 0 radical (unpaired) electrons. The normalized spacial score (nSPS) is 13.4. The van der Waals surface area contributed by atoms with Crippen molar-refractivity contribution in [1.82, 2.24) is 9.78 Å². The van der Waals surface area contributed by atoms with Crippen LogP contribution in [0.2, 0.25) is 5.02 Å². The first kappa shape index (κ1) is 13.5. The summed E-state index contributed by atoms with van der Waals surface area (Å²) in [5.41, 5.74) is 1.87. The molecule has 0 aromatic carbocycles. The van der Waals surface area contributed by atoms with Crippen molar-refractivity contribution >= 4 is 11.6 Å². The van der Waals surface area contributed by atoms with Gasteiger partial charge < -0.3 is 5.11 Å². The molecule has 1 atom stereocenters. The summed E-state index contributed by atoms with van der Waals surface area (Å²) < 4.78 is 1.81. The summed E-state index contributed by atoms with van der Waals surface area (Å²) in [7, 11) is 1.89. The lowest BCUT2D eigenvalue weighted by atomic mass is 10.0. The largest absolute Gasteiger partial charge is 0.393 e. The fourth-order valence-corrected chi connectivity index (χ4v) is 2.17. The number of hydrogen-bond acceptors (Lipinski definition) is 2. The molecule has 0 fully saturated rings. The van der Waals surface area contributed by atoms with E-state index in [1.54, 1.807) is 4.68 Å². The highest BCUT2D eigenvalue weighted by Gasteiger charge is 2.13. The monoisotopic (exact) mass is 244 g/mol. The average Bonchev–Trinajstić information content (AvgIpc) is 2.38. The molecule has 0 aliphatic carbocycles. The van der Waals surface area contributed by atoms with E-state index in [0.717, 1.165) is 35.7 Å². The van der Waals surface area contributed by atoms with Crippen molar-refractivity contribution in [2.24, 2.45) is 13.0 Å². The van der Waals surface area contributed by atoms with Crippen LogP contribution in [0.15, 0.2) is 0 Å². The van der Waals surface area contributed by atoms with Gasteiger partial charge in [-0.1, -0.05) is 25.4 Å². The lowest BCUT2D eigenvalue weighted by Gasteiger charge is -2.12. The smallest absolute Gasteiger partial charge is 0.0846 e. The van der Waals surface area contributed by atoms with Crippen molar-refractivity contribution < 1.29 is 5.11 Å². The molecule has 0 aliphatic heterocycles. The number of rotatable bonds is 5. The Labute approximate surface area is 102 Å². The van der Waals surface area contributed by atoms with Crippen molar-refractivity contribution in [2.75, 3.05) is 0 Å². The molecule has 0 aliphatic rings. The van der Waals surface area contributed by atoms with E-state index >= 15 is 0 Å². The van der Waals surface area contributed by atoms with E-state index in [0.29, 0.717) is 5.92 Å². The standard InChI is InChI=1S/C12H21ClN2O/c1-8(2)7-10(16)5-6-11-12(13)9(3)14-15(11)4/h8,10,16H,5-7H2,1-4H3. The third-order valence-corrected chi connectivity index (χ3v) is 3.21. The van der Waals surface area contributed by atoms with Gasteiger partial charge in [0.05, 0.1) is 22.5 Å². The van der Waals surface area contributed by atoms with Gasteiger partial charge in [0.1, 0.15) is 0 Å². The topological polar surface area (TPSA) is 38.0 Å². The summed E-state index contributed by atoms with van der Waals surface area (Å²) in [4.78, 5) is 0. The van der Waals surface area contributed by atoms with Crippen LogP contribution < -0.4 is 0 Å². The van der Waals surface area contributed by atoms with E-state index in [1.807, 2.05) is 14.0 Å². The molecular formula is C12H21ClN2O. The molecule has 0 saturated heterocycles. The Kier molecular flexibility index (Phi) is 4.81. The Hall–Kier alpha value is -0.540. The first-order valence-corrected chi connectivity index (χ1v) is 6.15. The predicted molar refractivity (Wildman–Crippen MR) is 66.7 cm³/mol. The second kappa shape index (κ2) is 5.69. The van der Waals surface area contributed by atoms with Gasteiger partial charge >= 0.3 is 0 Å². The summed E-state index contributed by atoms with van der Waals surface area (Å²) in [6, 6.07) is 0. The van der Waals surface area contributed by atoms with Crippen LogP contribution in [-0.2, 0) is 13.5 Å². The zero-order chi connectivity index (χ0) is 12.3. The van der Waals surface area contributed by atoms with Gasteiger partial charge in [-0.15, -0.1) is 0 Å². The van der Waals surface area contributed by atoms with Crippen LogP contribution in [0.1, 0.15) is 38.1 Å². The quantitative estimate of drug-likeness (QED) is 0.865. The maximum Gasteiger partial charge on any atom is 0.0846 e. The lowest BCUT2D eigenvalue weighted by molar-refractivity contribution is 0.139. The number of hydrogen-bond donors (Lipinski definition) is 1. The predicted octanol–water partition coefficient (Wildman–Crippen LogP) is 2.72. The Morgan fingerprint density at radius 1 is 1.44 bits per heavy atom. The van der Waals surface area contributed by atoms with Crippen LogP contribution in [-0.4, -0.2) is 21.0 Å². The van der Waals surface area contributed by atoms with E-state index in [1.165, 1.54) is 0 Å². The molecule has 0 spiro atoms. The Morgan fingerprint density at radius 2 is 2.06 bits per heavy atom. The average molecular weight is 245 g/mol. The van der Waals surface area contributed by atoms with Crippen LogP contribution in [0, 0.1) is 12.8 Å². The molecule has 1 heterocycles. The maximum atomic E-state index is 9.80. The minimum atomic E-state index is -0.244. The van der Waals surface area contributed by atoms with Gasteiger partial charge in [-0.3, -0.25) is 4.68 Å². The molecule has 16 heavy (non-hydrogen) atoms. The first-order chi connectivity index (χ1) is 7.41. The number of halogens is 1. The first-order valence-electron chi connectivity index (χ1n) is 5.77. The Balaban J connectivity index is 2.54. The highest BCUT2D eigenvalue weighted by molar-refractivity contribution is 6.31. The zero-order valence-corrected chi connectivity index (χ0v) is 11.3. The second-order valence-corrected chi connectivity index (χ2v) is 5.17. The molecule has 0 bridgehead atoms. The highest BCUT2D eigenvalue weighted by Crippen LogP contribution is 2.21. The second-order valence-electron chi connectivity index (χ2n) is 4.79. The zero-order valence-electron chi connectivity index (χ0n) is 10.5. The summed E-state index contributed by atoms with van der Waals surface area (Å²) in [5.74, 6) is 0.527. The number of aromatic nitrogens is 2. The van der Waals surface area contributed by atoms with Gasteiger partial charge in [-0.25, -0.2) is 0 Å². The summed E-state index contributed by atoms with van der Waals surface area (Å²) in [6.07, 6.45) is 2.13. The minimum absolute atomic E-state index is 0.244. The number of aliphatic hydroxyl groups is 1. The SMILES string of the molecule is Cc1nn(C)c(CCC(O)CC(C)C)c1Cl. The number of aryl methyl sites for hydroxylation is 2. The van der Waals surface area contributed by atoms with Crippen molar-refractivity contribution in [3.8, 4) is 0 Å². The molecule has 1 unspecified atom stereocenters. The highest BCUT2D eigenvalue weighted by atomic mass is 35.5. The van der Waals surface area contributed by atoms with Crippen LogP contribution in [0.3, 0.4) is 0 Å². The van der Waals surface area contributed by atoms with Crippen molar-refractivity contribution in [3.63, 3.8) is 0 Å². The van der Waals surface area contributed by atoms with E-state index in [4.69, 9.17) is 11.6 Å². The molecule has 4 heteroatoms. The van der Waals surface area contributed by atoms with Crippen LogP contribution in [0.25, 0.3) is 0 Å². The molecule has 1 aromatic heterocycles. The minimum Gasteiger partial charge on any atom is -0.393 e. The van der Waals surface area contributed by atoms with Gasteiger partial charge in [-0.05, 0) is 32.1 Å². The third-order valence-electron chi connectivity index (χ3n) is 2.72. The summed E-state index contributed by atoms with van der Waals surface area (Å²) in [6.45, 7) is 6.13. The van der Waals surface area contributed by atoms with E-state index in [-0.39, 0.29) is 6.10 Å². The molecular weight excluding hydrogens is 224 g/mol. The summed E-state index contributed by atoms with van der Waals surface area (Å²) >= 11 is 6.14. The van der Waals surface area contributed by atoms with Crippen LogP contribution in [0.5, 0.6) is 0 Å². The van der Waals surface area contributed by atoms with Gasteiger partial charge in [0, 0.05) is 7.05 Å². The van der Waals surface area contributed by atoms with Gasteiger partial charge in [-0.2, -0.15) is 5.10 Å². The fourth-order valence-electron chi connectivity index (χ4n) is 1.92. The van der Waals surface area contributed by atoms with E-state index in [9.17, 15) is 5.11 Å². The molecule has 3 nitrogen and oxygen atoms in total. The van der Waals surface area contributed by atoms with Gasteiger partial charge in [0.15, 0.2) is 0 Å². The lowest BCUT2D eigenvalue weighted by Crippen LogP contribution is -2.12. The van der Waals surface area contributed by atoms with Crippen molar-refractivity contribution in [2.45, 2.75) is 46.1 Å². The maximum absolute atomic E-state index is 9.80. The molecule has 0 saturated carbocycles. The van der Waals surface area contributed by atoms with Crippen LogP contribution in [0.4, 0.5) is 0 Å². The molecule has 1 rings (SSSR count). The van der Waals surface area contributed by atoms with E-state index in [2.05, 4.69) is 18.9 Å². The Bertz CT molecular complexity index is 347. The summed E-state index contributed by atoms with van der Waals surface area (Å²) in [5, 5.41) is 14.8. The molecule has 92 valence electrons. The number of aliphatic hydroxyl groups excluding tert-OH is 1. The molecule has 0 amide bonds. The molecule has 1 N–H and O–H groups in total. The van der Waals surface area contributed by atoms with Crippen LogP contribution >= 0.6 is 11.6 Å².